The van der Waals surface area contributed by atoms with Gasteiger partial charge in [-0.2, -0.15) is 5.10 Å². The zero-order valence-corrected chi connectivity index (χ0v) is 20.5. The van der Waals surface area contributed by atoms with Crippen LogP contribution in [0.5, 0.6) is 5.75 Å². The summed E-state index contributed by atoms with van der Waals surface area (Å²) in [5.74, 6) is 0.757. The molecule has 7 nitrogen and oxygen atoms in total. The summed E-state index contributed by atoms with van der Waals surface area (Å²) in [5, 5.41) is 5.30. The second-order valence-electron chi connectivity index (χ2n) is 8.41. The number of H-pyrrole nitrogens is 1. The van der Waals surface area contributed by atoms with Crippen LogP contribution in [-0.4, -0.2) is 20.4 Å². The molecule has 0 unspecified atom stereocenters. The molecule has 2 heterocycles. The number of nitrogens with one attached hydrogen (secondary N) is 1. The second-order valence-corrected chi connectivity index (χ2v) is 8.84. The Bertz CT molecular complexity index is 1690. The Morgan fingerprint density at radius 3 is 2.44 bits per heavy atom. The molecule has 2 aromatic heterocycles. The zero-order chi connectivity index (χ0) is 25.2. The van der Waals surface area contributed by atoms with Crippen molar-refractivity contribution in [3.8, 4) is 11.4 Å². The fraction of sp³-hybridized carbons (Fsp3) is 0.107. The van der Waals surface area contributed by atoms with Gasteiger partial charge in [-0.3, -0.25) is 4.79 Å². The number of aryl methyl sites for hydroxylation is 1. The molecule has 3 aromatic carbocycles. The van der Waals surface area contributed by atoms with E-state index in [1.54, 1.807) is 24.3 Å². The lowest BCUT2D eigenvalue weighted by molar-refractivity contribution is 0.306. The van der Waals surface area contributed by atoms with E-state index < -0.39 is 11.2 Å². The molecule has 1 N–H and O–H groups in total. The van der Waals surface area contributed by atoms with Crippen LogP contribution in [0.25, 0.3) is 16.6 Å². The van der Waals surface area contributed by atoms with Crippen LogP contribution in [0.15, 0.2) is 93.6 Å². The number of fused-ring (bicyclic) bond motifs is 1. The van der Waals surface area contributed by atoms with Crippen LogP contribution in [0.3, 0.4) is 0 Å². The first-order valence-electron chi connectivity index (χ1n) is 11.4. The van der Waals surface area contributed by atoms with E-state index in [1.807, 2.05) is 68.4 Å². The smallest absolute Gasteiger partial charge is 0.349 e. The monoisotopic (exact) mass is 498 g/mol. The molecule has 0 amide bonds. The van der Waals surface area contributed by atoms with E-state index in [9.17, 15) is 9.59 Å². The Labute approximate surface area is 211 Å². The molecule has 0 atom stereocenters. The highest BCUT2D eigenvalue weighted by Crippen LogP contribution is 2.23. The molecule has 0 saturated heterocycles. The molecular weight excluding hydrogens is 476 g/mol. The van der Waals surface area contributed by atoms with Crippen molar-refractivity contribution in [2.24, 2.45) is 5.10 Å². The van der Waals surface area contributed by atoms with Gasteiger partial charge in [-0.05, 0) is 74.0 Å². The zero-order valence-electron chi connectivity index (χ0n) is 19.7. The number of ether oxygens (including phenoxy) is 1. The lowest BCUT2D eigenvalue weighted by Crippen LogP contribution is -2.32. The third-order valence-electron chi connectivity index (χ3n) is 5.98. The molecule has 5 rings (SSSR count). The maximum Gasteiger partial charge on any atom is 0.349 e. The Morgan fingerprint density at radius 2 is 1.69 bits per heavy atom. The van der Waals surface area contributed by atoms with Gasteiger partial charge in [0.05, 0.1) is 17.1 Å². The highest BCUT2D eigenvalue weighted by Gasteiger charge is 2.11. The van der Waals surface area contributed by atoms with Crippen molar-refractivity contribution in [2.75, 3.05) is 0 Å². The van der Waals surface area contributed by atoms with Gasteiger partial charge in [-0.1, -0.05) is 35.9 Å². The summed E-state index contributed by atoms with van der Waals surface area (Å²) in [4.78, 5) is 27.9. The van der Waals surface area contributed by atoms with Crippen molar-refractivity contribution < 1.29 is 4.74 Å². The normalized spacial score (nSPS) is 11.4. The Hall–Kier alpha value is -4.36. The van der Waals surface area contributed by atoms with Gasteiger partial charge in [0.1, 0.15) is 12.4 Å². The van der Waals surface area contributed by atoms with Crippen molar-refractivity contribution in [1.82, 2.24) is 14.2 Å². The fourth-order valence-corrected chi connectivity index (χ4v) is 4.26. The van der Waals surface area contributed by atoms with Gasteiger partial charge in [-0.25, -0.2) is 4.79 Å². The highest BCUT2D eigenvalue weighted by molar-refractivity contribution is 6.30. The topological polar surface area (TPSA) is 81.4 Å². The summed E-state index contributed by atoms with van der Waals surface area (Å²) in [5.41, 5.74) is 4.15. The first-order valence-corrected chi connectivity index (χ1v) is 11.7. The molecule has 0 aliphatic carbocycles. The molecule has 0 aliphatic rings. The van der Waals surface area contributed by atoms with Crippen LogP contribution in [0, 0.1) is 13.8 Å². The first-order chi connectivity index (χ1) is 17.4. The van der Waals surface area contributed by atoms with Crippen LogP contribution in [0.2, 0.25) is 5.02 Å². The third kappa shape index (κ3) is 4.61. The van der Waals surface area contributed by atoms with Crippen molar-refractivity contribution in [1.29, 1.82) is 0 Å². The average Bonchev–Trinajstić information content (AvgIpc) is 3.16. The first kappa shape index (κ1) is 23.4. The minimum Gasteiger partial charge on any atom is -0.489 e. The summed E-state index contributed by atoms with van der Waals surface area (Å²) < 4.78 is 8.82. The number of hydrogen-bond acceptors (Lipinski definition) is 4. The predicted molar refractivity (Wildman–Crippen MR) is 143 cm³/mol. The maximum absolute atomic E-state index is 12.7. The van der Waals surface area contributed by atoms with Crippen molar-refractivity contribution in [2.45, 2.75) is 20.5 Å². The molecule has 0 saturated carbocycles. The number of benzene rings is 3. The number of halogens is 1. The second kappa shape index (κ2) is 9.71. The molecule has 36 heavy (non-hydrogen) atoms. The Balaban J connectivity index is 1.38. The van der Waals surface area contributed by atoms with E-state index in [0.29, 0.717) is 22.5 Å². The van der Waals surface area contributed by atoms with Gasteiger partial charge in [0, 0.05) is 27.7 Å². The van der Waals surface area contributed by atoms with Crippen LogP contribution >= 0.6 is 11.6 Å². The summed E-state index contributed by atoms with van der Waals surface area (Å²) in [6.45, 7) is 4.41. The summed E-state index contributed by atoms with van der Waals surface area (Å²) in [6.07, 6.45) is 1.54. The van der Waals surface area contributed by atoms with Gasteiger partial charge in [0.15, 0.2) is 0 Å². The summed E-state index contributed by atoms with van der Waals surface area (Å²) in [7, 11) is 0. The Kier molecular flexibility index (Phi) is 6.31. The highest BCUT2D eigenvalue weighted by atomic mass is 35.5. The Morgan fingerprint density at radius 1 is 0.972 bits per heavy atom. The van der Waals surface area contributed by atoms with E-state index in [-0.39, 0.29) is 0 Å². The third-order valence-corrected chi connectivity index (χ3v) is 6.23. The largest absolute Gasteiger partial charge is 0.489 e. The molecule has 5 aromatic rings. The van der Waals surface area contributed by atoms with Gasteiger partial charge >= 0.3 is 5.69 Å². The lowest BCUT2D eigenvalue weighted by atomic mass is 10.2. The van der Waals surface area contributed by atoms with Gasteiger partial charge in [0.25, 0.3) is 5.56 Å². The number of nitrogens with zero attached hydrogens (tertiary/aromatic N) is 3. The van der Waals surface area contributed by atoms with Crippen LogP contribution in [-0.2, 0) is 6.61 Å². The number of hydrogen-bond donors (Lipinski definition) is 1. The van der Waals surface area contributed by atoms with Crippen LogP contribution in [0.1, 0.15) is 22.5 Å². The molecule has 180 valence electrons. The average molecular weight is 499 g/mol. The SMILES string of the molecule is Cc1cc(C=Nn2c(=O)[nH]c3ccccc3c2=O)c(C)n1-c1ccc(OCc2ccc(Cl)cc2)cc1. The number of para-hydroxylation sites is 1. The van der Waals surface area contributed by atoms with E-state index in [1.165, 1.54) is 6.21 Å². The van der Waals surface area contributed by atoms with Crippen LogP contribution < -0.4 is 16.0 Å². The fourth-order valence-electron chi connectivity index (χ4n) is 4.13. The molecular formula is C28H23ClN4O3. The molecule has 0 radical (unpaired) electrons. The van der Waals surface area contributed by atoms with Gasteiger partial charge in [-0.15, -0.1) is 4.68 Å². The maximum atomic E-state index is 12.7. The minimum absolute atomic E-state index is 0.401. The van der Waals surface area contributed by atoms with E-state index >= 15 is 0 Å². The van der Waals surface area contributed by atoms with Gasteiger partial charge < -0.3 is 14.3 Å². The van der Waals surface area contributed by atoms with Crippen molar-refractivity contribution in [3.63, 3.8) is 0 Å². The summed E-state index contributed by atoms with van der Waals surface area (Å²) in [6, 6.07) is 24.2. The summed E-state index contributed by atoms with van der Waals surface area (Å²) >= 11 is 5.94. The van der Waals surface area contributed by atoms with Crippen molar-refractivity contribution >= 4 is 28.7 Å². The van der Waals surface area contributed by atoms with Gasteiger partial charge in [0.2, 0.25) is 0 Å². The molecule has 0 aliphatic heterocycles. The molecule has 0 bridgehead atoms. The lowest BCUT2D eigenvalue weighted by Gasteiger charge is -2.11. The number of aromatic amines is 1. The quantitative estimate of drug-likeness (QED) is 0.326. The molecule has 0 spiro atoms. The minimum atomic E-state index is -0.585. The molecule has 0 fully saturated rings. The number of rotatable bonds is 6. The van der Waals surface area contributed by atoms with Crippen molar-refractivity contribution in [3.05, 3.63) is 127 Å². The van der Waals surface area contributed by atoms with Crippen LogP contribution in [0.4, 0.5) is 0 Å². The van der Waals surface area contributed by atoms with E-state index in [4.69, 9.17) is 16.3 Å². The van der Waals surface area contributed by atoms with E-state index in [0.717, 1.165) is 38.6 Å². The predicted octanol–water partition coefficient (Wildman–Crippen LogP) is 5.21. The molecule has 8 heteroatoms. The number of aromatic nitrogens is 3. The van der Waals surface area contributed by atoms with E-state index in [2.05, 4.69) is 14.7 Å². The standard InChI is InChI=1S/C28H23ClN4O3/c1-18-15-21(16-30-33-27(34)25-5-3-4-6-26(25)31-28(33)35)19(2)32(18)23-11-13-24(14-12-23)36-17-20-7-9-22(29)10-8-20/h3-16H,17H2,1-2H3,(H,31,35).